The Bertz CT molecular complexity index is 616. The highest BCUT2D eigenvalue weighted by Gasteiger charge is 2.09. The molecule has 0 atom stereocenters. The molecule has 2 aromatic rings. The minimum absolute atomic E-state index is 0.0662. The first-order chi connectivity index (χ1) is 9.06. The molecule has 0 heterocycles. The Balaban J connectivity index is 2.27. The van der Waals surface area contributed by atoms with Gasteiger partial charge in [0, 0.05) is 11.6 Å². The van der Waals surface area contributed by atoms with Crippen LogP contribution in [0.4, 0.5) is 4.39 Å². The molecule has 0 N–H and O–H groups in total. The lowest BCUT2D eigenvalue weighted by molar-refractivity contribution is -0.111. The molecule has 0 saturated carbocycles. The molecular weight excluding hydrogens is 335 g/mol. The largest absolute Gasteiger partial charge is 0.457 e. The zero-order valence-corrected chi connectivity index (χ0v) is 12.0. The van der Waals surface area contributed by atoms with Crippen LogP contribution in [0.5, 0.6) is 11.5 Å². The summed E-state index contributed by atoms with van der Waals surface area (Å²) in [7, 11) is 0. The Kier molecular flexibility index (Phi) is 4.56. The Morgan fingerprint density at radius 1 is 1.26 bits per heavy atom. The quantitative estimate of drug-likeness (QED) is 0.753. The first-order valence-corrected chi connectivity index (χ1v) is 6.62. The van der Waals surface area contributed by atoms with Gasteiger partial charge in [-0.05, 0) is 45.7 Å². The number of carbonyl (C=O) groups excluding carboxylic acids is 1. The number of carbonyl (C=O) groups is 1. The molecule has 0 radical (unpaired) electrons. The van der Waals surface area contributed by atoms with Crippen LogP contribution in [0.1, 0.15) is 5.56 Å². The van der Waals surface area contributed by atoms with Crippen LogP contribution in [0.15, 0.2) is 46.9 Å². The van der Waals surface area contributed by atoms with Crippen LogP contribution in [0.2, 0.25) is 0 Å². The van der Waals surface area contributed by atoms with Crippen LogP contribution in [-0.2, 0) is 11.2 Å². The molecule has 19 heavy (non-hydrogen) atoms. The van der Waals surface area contributed by atoms with Crippen molar-refractivity contribution in [2.24, 2.45) is 0 Å². The number of hydrogen-bond acceptors (Lipinski definition) is 2. The van der Waals surface area contributed by atoms with Crippen molar-refractivity contribution in [1.29, 1.82) is 0 Å². The molecule has 0 aliphatic carbocycles. The third-order valence-corrected chi connectivity index (χ3v) is 3.20. The third kappa shape index (κ3) is 3.78. The topological polar surface area (TPSA) is 26.3 Å². The van der Waals surface area contributed by atoms with Gasteiger partial charge in [-0.2, -0.15) is 0 Å². The van der Waals surface area contributed by atoms with E-state index in [-0.39, 0.29) is 6.42 Å². The lowest BCUT2D eigenvalue weighted by atomic mass is 10.1. The standard InChI is InChI=1S/C14H9BrClFO2/c15-11-6-5-10(8-12(11)17)19-13-4-2-1-3-9(13)7-14(16)18/h1-6,8H,7H2. The van der Waals surface area contributed by atoms with Crippen molar-refractivity contribution in [2.45, 2.75) is 6.42 Å². The van der Waals surface area contributed by atoms with Crippen molar-refractivity contribution in [3.63, 3.8) is 0 Å². The van der Waals surface area contributed by atoms with Crippen LogP contribution < -0.4 is 4.74 Å². The molecule has 0 aliphatic heterocycles. The second-order valence-electron chi connectivity index (χ2n) is 3.82. The Morgan fingerprint density at radius 3 is 2.68 bits per heavy atom. The second-order valence-corrected chi connectivity index (χ2v) is 5.09. The highest BCUT2D eigenvalue weighted by molar-refractivity contribution is 9.10. The molecule has 5 heteroatoms. The van der Waals surface area contributed by atoms with E-state index in [9.17, 15) is 9.18 Å². The van der Waals surface area contributed by atoms with Crippen LogP contribution in [0, 0.1) is 5.82 Å². The summed E-state index contributed by atoms with van der Waals surface area (Å²) >= 11 is 8.44. The van der Waals surface area contributed by atoms with Gasteiger partial charge >= 0.3 is 0 Å². The zero-order valence-electron chi connectivity index (χ0n) is 9.70. The van der Waals surface area contributed by atoms with Crippen LogP contribution in [0.25, 0.3) is 0 Å². The first kappa shape index (κ1) is 14.0. The number of benzene rings is 2. The summed E-state index contributed by atoms with van der Waals surface area (Å²) in [5.74, 6) is 0.428. The molecule has 0 aromatic heterocycles. The van der Waals surface area contributed by atoms with E-state index in [0.717, 1.165) is 0 Å². The van der Waals surface area contributed by atoms with Crippen molar-refractivity contribution in [1.82, 2.24) is 0 Å². The zero-order chi connectivity index (χ0) is 13.8. The van der Waals surface area contributed by atoms with Gasteiger partial charge in [0.05, 0.1) is 10.9 Å². The van der Waals surface area contributed by atoms with Crippen molar-refractivity contribution in [3.8, 4) is 11.5 Å². The Morgan fingerprint density at radius 2 is 2.00 bits per heavy atom. The van der Waals surface area contributed by atoms with E-state index >= 15 is 0 Å². The monoisotopic (exact) mass is 342 g/mol. The van der Waals surface area contributed by atoms with E-state index in [1.807, 2.05) is 0 Å². The summed E-state index contributed by atoms with van der Waals surface area (Å²) in [6.07, 6.45) is 0.0662. The predicted octanol–water partition coefficient (Wildman–Crippen LogP) is 4.69. The summed E-state index contributed by atoms with van der Waals surface area (Å²) in [6, 6.07) is 11.5. The smallest absolute Gasteiger partial charge is 0.226 e. The van der Waals surface area contributed by atoms with Crippen molar-refractivity contribution in [2.75, 3.05) is 0 Å². The van der Waals surface area contributed by atoms with Gasteiger partial charge in [0.25, 0.3) is 0 Å². The van der Waals surface area contributed by atoms with Crippen molar-refractivity contribution < 1.29 is 13.9 Å². The summed E-state index contributed by atoms with van der Waals surface area (Å²) in [5.41, 5.74) is 0.658. The fourth-order valence-electron chi connectivity index (χ4n) is 1.57. The van der Waals surface area contributed by atoms with E-state index in [0.29, 0.717) is 21.5 Å². The van der Waals surface area contributed by atoms with E-state index < -0.39 is 11.1 Å². The van der Waals surface area contributed by atoms with E-state index in [1.54, 1.807) is 36.4 Å². The summed E-state index contributed by atoms with van der Waals surface area (Å²) < 4.78 is 19.3. The highest BCUT2D eigenvalue weighted by atomic mass is 79.9. The normalized spacial score (nSPS) is 10.3. The van der Waals surface area contributed by atoms with E-state index in [4.69, 9.17) is 16.3 Å². The van der Waals surface area contributed by atoms with Crippen LogP contribution in [-0.4, -0.2) is 5.24 Å². The van der Waals surface area contributed by atoms with Crippen LogP contribution in [0.3, 0.4) is 0 Å². The second kappa shape index (κ2) is 6.17. The molecule has 0 aliphatic rings. The summed E-state index contributed by atoms with van der Waals surface area (Å²) in [5, 5.41) is -0.474. The van der Waals surface area contributed by atoms with Crippen molar-refractivity contribution in [3.05, 3.63) is 58.3 Å². The Labute approximate surface area is 123 Å². The van der Waals surface area contributed by atoms with Gasteiger partial charge in [0.2, 0.25) is 5.24 Å². The SMILES string of the molecule is O=C(Cl)Cc1ccccc1Oc1ccc(Br)c(F)c1. The minimum atomic E-state index is -0.474. The molecule has 98 valence electrons. The average molecular weight is 344 g/mol. The first-order valence-electron chi connectivity index (χ1n) is 5.45. The maximum absolute atomic E-state index is 13.4. The molecular formula is C14H9BrClFO2. The molecule has 0 fully saturated rings. The average Bonchev–Trinajstić information content (AvgIpc) is 2.36. The summed E-state index contributed by atoms with van der Waals surface area (Å²) in [4.78, 5) is 11.0. The van der Waals surface area contributed by atoms with E-state index in [2.05, 4.69) is 15.9 Å². The molecule has 0 amide bonds. The molecule has 0 unspecified atom stereocenters. The predicted molar refractivity (Wildman–Crippen MR) is 75.2 cm³/mol. The maximum atomic E-state index is 13.4. The van der Waals surface area contributed by atoms with Gasteiger partial charge in [0.1, 0.15) is 17.3 Å². The minimum Gasteiger partial charge on any atom is -0.457 e. The van der Waals surface area contributed by atoms with Gasteiger partial charge in [-0.1, -0.05) is 18.2 Å². The molecule has 0 bridgehead atoms. The maximum Gasteiger partial charge on any atom is 0.226 e. The van der Waals surface area contributed by atoms with Gasteiger partial charge in [-0.3, -0.25) is 4.79 Å². The van der Waals surface area contributed by atoms with Gasteiger partial charge in [-0.15, -0.1) is 0 Å². The summed E-state index contributed by atoms with van der Waals surface area (Å²) in [6.45, 7) is 0. The lowest BCUT2D eigenvalue weighted by Crippen LogP contribution is -1.97. The molecule has 2 nitrogen and oxygen atoms in total. The van der Waals surface area contributed by atoms with Gasteiger partial charge in [0.15, 0.2) is 0 Å². The Hall–Kier alpha value is -1.39. The number of halogens is 3. The highest BCUT2D eigenvalue weighted by Crippen LogP contribution is 2.28. The van der Waals surface area contributed by atoms with Crippen molar-refractivity contribution >= 4 is 32.8 Å². The number of para-hydroxylation sites is 1. The number of hydrogen-bond donors (Lipinski definition) is 0. The fourth-order valence-corrected chi connectivity index (χ4v) is 1.96. The molecule has 0 spiro atoms. The molecule has 0 saturated heterocycles. The number of rotatable bonds is 4. The third-order valence-electron chi connectivity index (χ3n) is 2.42. The van der Waals surface area contributed by atoms with Gasteiger partial charge < -0.3 is 4.74 Å². The van der Waals surface area contributed by atoms with E-state index in [1.165, 1.54) is 6.07 Å². The van der Waals surface area contributed by atoms with Crippen LogP contribution >= 0.6 is 27.5 Å². The molecule has 2 aromatic carbocycles. The lowest BCUT2D eigenvalue weighted by Gasteiger charge is -2.10. The molecule has 2 rings (SSSR count). The van der Waals surface area contributed by atoms with Gasteiger partial charge in [-0.25, -0.2) is 4.39 Å². The fraction of sp³-hybridized carbons (Fsp3) is 0.0714. The number of ether oxygens (including phenoxy) is 1.